The molecule has 1 aromatic carbocycles. The van der Waals surface area contributed by atoms with Gasteiger partial charge in [-0.1, -0.05) is 12.1 Å². The third-order valence-electron chi connectivity index (χ3n) is 5.51. The number of benzene rings is 1. The first-order valence-electron chi connectivity index (χ1n) is 10.7. The monoisotopic (exact) mass is 412 g/mol. The fourth-order valence-electron chi connectivity index (χ4n) is 3.57. The molecule has 2 heterocycles. The van der Waals surface area contributed by atoms with E-state index in [0.29, 0.717) is 18.8 Å². The van der Waals surface area contributed by atoms with Crippen molar-refractivity contribution >= 4 is 17.4 Å². The van der Waals surface area contributed by atoms with Crippen LogP contribution in [0.25, 0.3) is 0 Å². The van der Waals surface area contributed by atoms with Crippen molar-refractivity contribution in [2.45, 2.75) is 45.1 Å². The standard InChI is InChI=1S/C23H32N4O3/c1-17(16-28)27(12-10-18-4-8-22(24)25-15-18)11-2-3-13-30-20-7-5-19-6-9-23(29)26-21(19)14-20/h4-5,7-8,14-15,17,28H,2-3,6,9-13,16H2,1H3,(H2,24,25)(H,26,29)/t17-/m0/s1. The summed E-state index contributed by atoms with van der Waals surface area (Å²) in [6, 6.07) is 9.83. The molecule has 1 aromatic heterocycles. The first-order valence-corrected chi connectivity index (χ1v) is 10.7. The van der Waals surface area contributed by atoms with Crippen molar-refractivity contribution in [2.24, 2.45) is 0 Å². The van der Waals surface area contributed by atoms with Crippen molar-refractivity contribution < 1.29 is 14.6 Å². The van der Waals surface area contributed by atoms with Crippen LogP contribution in [0.4, 0.5) is 11.5 Å². The molecule has 0 spiro atoms. The van der Waals surface area contributed by atoms with Gasteiger partial charge in [0.15, 0.2) is 0 Å². The lowest BCUT2D eigenvalue weighted by molar-refractivity contribution is -0.116. The minimum absolute atomic E-state index is 0.0625. The molecule has 0 radical (unpaired) electrons. The van der Waals surface area contributed by atoms with Gasteiger partial charge in [-0.15, -0.1) is 0 Å². The molecule has 0 aliphatic carbocycles. The lowest BCUT2D eigenvalue weighted by atomic mass is 10.0. The van der Waals surface area contributed by atoms with Gasteiger partial charge in [0, 0.05) is 37.0 Å². The van der Waals surface area contributed by atoms with Gasteiger partial charge in [-0.2, -0.15) is 0 Å². The number of nitrogens with zero attached hydrogens (tertiary/aromatic N) is 2. The highest BCUT2D eigenvalue weighted by Gasteiger charge is 2.15. The number of pyridine rings is 1. The fraction of sp³-hybridized carbons (Fsp3) is 0.478. The number of aromatic nitrogens is 1. The van der Waals surface area contributed by atoms with Gasteiger partial charge in [0.1, 0.15) is 11.6 Å². The average molecular weight is 413 g/mol. The summed E-state index contributed by atoms with van der Waals surface area (Å²) in [7, 11) is 0. The van der Waals surface area contributed by atoms with Gasteiger partial charge >= 0.3 is 0 Å². The molecular formula is C23H32N4O3. The molecule has 7 heteroatoms. The van der Waals surface area contributed by atoms with Crippen molar-refractivity contribution in [3.63, 3.8) is 0 Å². The number of aliphatic hydroxyl groups excluding tert-OH is 1. The average Bonchev–Trinajstić information content (AvgIpc) is 2.76. The van der Waals surface area contributed by atoms with Gasteiger partial charge in [-0.05, 0) is 62.4 Å². The number of aryl methyl sites for hydroxylation is 1. The van der Waals surface area contributed by atoms with Crippen molar-refractivity contribution in [1.29, 1.82) is 0 Å². The zero-order valence-electron chi connectivity index (χ0n) is 17.6. The van der Waals surface area contributed by atoms with E-state index in [1.807, 2.05) is 43.5 Å². The van der Waals surface area contributed by atoms with E-state index in [2.05, 4.69) is 15.2 Å². The highest BCUT2D eigenvalue weighted by Crippen LogP contribution is 2.27. The summed E-state index contributed by atoms with van der Waals surface area (Å²) in [4.78, 5) is 18.0. The quantitative estimate of drug-likeness (QED) is 0.491. The number of aliphatic hydroxyl groups is 1. The van der Waals surface area contributed by atoms with Crippen molar-refractivity contribution in [3.05, 3.63) is 47.7 Å². The van der Waals surface area contributed by atoms with Crippen LogP contribution in [-0.4, -0.2) is 53.2 Å². The molecule has 1 aliphatic rings. The van der Waals surface area contributed by atoms with Gasteiger partial charge in [0.25, 0.3) is 0 Å². The molecule has 3 rings (SSSR count). The van der Waals surface area contributed by atoms with E-state index in [-0.39, 0.29) is 18.6 Å². The molecule has 0 unspecified atom stereocenters. The summed E-state index contributed by atoms with van der Waals surface area (Å²) in [5, 5.41) is 12.5. The third kappa shape index (κ3) is 6.43. The molecule has 0 saturated heterocycles. The maximum Gasteiger partial charge on any atom is 0.224 e. The number of anilines is 2. The second-order valence-corrected chi connectivity index (χ2v) is 7.83. The van der Waals surface area contributed by atoms with E-state index in [1.165, 1.54) is 0 Å². The fourth-order valence-corrected chi connectivity index (χ4v) is 3.57. The summed E-state index contributed by atoms with van der Waals surface area (Å²) < 4.78 is 5.88. The number of nitrogens with two attached hydrogens (primary N) is 1. The second-order valence-electron chi connectivity index (χ2n) is 7.83. The number of fused-ring (bicyclic) bond motifs is 1. The molecule has 0 fully saturated rings. The molecule has 0 saturated carbocycles. The van der Waals surface area contributed by atoms with E-state index in [4.69, 9.17) is 10.5 Å². The van der Waals surface area contributed by atoms with E-state index in [9.17, 15) is 9.90 Å². The van der Waals surface area contributed by atoms with Crippen molar-refractivity contribution in [3.8, 4) is 5.75 Å². The zero-order valence-corrected chi connectivity index (χ0v) is 17.6. The molecule has 30 heavy (non-hydrogen) atoms. The normalized spacial score (nSPS) is 14.3. The molecular weight excluding hydrogens is 380 g/mol. The number of nitrogens with one attached hydrogen (secondary N) is 1. The lowest BCUT2D eigenvalue weighted by Gasteiger charge is -2.27. The topological polar surface area (TPSA) is 101 Å². The summed E-state index contributed by atoms with van der Waals surface area (Å²) in [6.07, 6.45) is 5.91. The van der Waals surface area contributed by atoms with Crippen LogP contribution in [0, 0.1) is 0 Å². The maximum atomic E-state index is 11.6. The summed E-state index contributed by atoms with van der Waals surface area (Å²) in [5.41, 5.74) is 8.81. The van der Waals surface area contributed by atoms with Crippen LogP contribution in [0.5, 0.6) is 5.75 Å². The Morgan fingerprint density at radius 1 is 1.23 bits per heavy atom. The van der Waals surface area contributed by atoms with Gasteiger partial charge in [-0.3, -0.25) is 9.69 Å². The summed E-state index contributed by atoms with van der Waals surface area (Å²) >= 11 is 0. The molecule has 1 amide bonds. The van der Waals surface area contributed by atoms with Crippen LogP contribution in [-0.2, 0) is 17.6 Å². The number of hydrogen-bond acceptors (Lipinski definition) is 6. The number of hydrogen-bond donors (Lipinski definition) is 3. The minimum Gasteiger partial charge on any atom is -0.494 e. The Hall–Kier alpha value is -2.64. The molecule has 4 N–H and O–H groups in total. The van der Waals surface area contributed by atoms with Crippen LogP contribution in [0.3, 0.4) is 0 Å². The first-order chi connectivity index (χ1) is 14.5. The molecule has 0 bridgehead atoms. The SMILES string of the molecule is C[C@@H](CO)N(CCCCOc1ccc2c(c1)NC(=O)CC2)CCc1ccc(N)nc1. The smallest absolute Gasteiger partial charge is 0.224 e. The lowest BCUT2D eigenvalue weighted by Crippen LogP contribution is -2.38. The van der Waals surface area contributed by atoms with E-state index >= 15 is 0 Å². The predicted molar refractivity (Wildman–Crippen MR) is 119 cm³/mol. The molecule has 162 valence electrons. The van der Waals surface area contributed by atoms with Gasteiger partial charge in [0.2, 0.25) is 5.91 Å². The van der Waals surface area contributed by atoms with Crippen molar-refractivity contribution in [2.75, 3.05) is 37.4 Å². The number of carbonyl (C=O) groups excluding carboxylic acids is 1. The summed E-state index contributed by atoms with van der Waals surface area (Å²) in [5.74, 6) is 1.38. The Morgan fingerprint density at radius 2 is 2.10 bits per heavy atom. The van der Waals surface area contributed by atoms with Gasteiger partial charge in [0.05, 0.1) is 13.2 Å². The van der Waals surface area contributed by atoms with Crippen LogP contribution in [0.2, 0.25) is 0 Å². The number of carbonyl (C=O) groups is 1. The van der Waals surface area contributed by atoms with E-state index < -0.39 is 0 Å². The molecule has 7 nitrogen and oxygen atoms in total. The van der Waals surface area contributed by atoms with Crippen molar-refractivity contribution in [1.82, 2.24) is 9.88 Å². The second kappa shape index (κ2) is 10.9. The number of ether oxygens (including phenoxy) is 1. The molecule has 1 atom stereocenters. The Morgan fingerprint density at radius 3 is 2.87 bits per heavy atom. The van der Waals surface area contributed by atoms with Gasteiger partial charge < -0.3 is 20.9 Å². The minimum atomic E-state index is 0.0625. The highest BCUT2D eigenvalue weighted by molar-refractivity contribution is 5.94. The first kappa shape index (κ1) is 22.1. The predicted octanol–water partition coefficient (Wildman–Crippen LogP) is 2.63. The van der Waals surface area contributed by atoms with E-state index in [0.717, 1.165) is 61.3 Å². The Balaban J connectivity index is 1.41. The Kier molecular flexibility index (Phi) is 8.04. The van der Waals surface area contributed by atoms with Gasteiger partial charge in [-0.25, -0.2) is 4.98 Å². The number of amides is 1. The third-order valence-corrected chi connectivity index (χ3v) is 5.51. The Labute approximate surface area is 178 Å². The maximum absolute atomic E-state index is 11.6. The largest absolute Gasteiger partial charge is 0.494 e. The van der Waals surface area contributed by atoms with E-state index in [1.54, 1.807) is 0 Å². The Bertz CT molecular complexity index is 826. The number of rotatable bonds is 11. The zero-order chi connectivity index (χ0) is 21.3. The molecule has 2 aromatic rings. The summed E-state index contributed by atoms with van der Waals surface area (Å²) in [6.45, 7) is 4.55. The van der Waals surface area contributed by atoms with Crippen LogP contribution in [0.1, 0.15) is 37.3 Å². The van der Waals surface area contributed by atoms with Crippen LogP contribution >= 0.6 is 0 Å². The highest BCUT2D eigenvalue weighted by atomic mass is 16.5. The number of nitrogen functional groups attached to an aromatic ring is 1. The van der Waals surface area contributed by atoms with Crippen LogP contribution in [0.15, 0.2) is 36.5 Å². The van der Waals surface area contributed by atoms with Crippen LogP contribution < -0.4 is 15.8 Å². The molecule has 1 aliphatic heterocycles. The number of unbranched alkanes of at least 4 members (excludes halogenated alkanes) is 1.